The lowest BCUT2D eigenvalue weighted by Crippen LogP contribution is -2.55. The fourth-order valence-corrected chi connectivity index (χ4v) is 4.56. The van der Waals surface area contributed by atoms with E-state index < -0.39 is 56.0 Å². The maximum atomic E-state index is 12.8. The van der Waals surface area contributed by atoms with E-state index in [4.69, 9.17) is 16.9 Å². The second-order valence-electron chi connectivity index (χ2n) is 8.07. The highest BCUT2D eigenvalue weighted by Crippen LogP contribution is 2.05. The van der Waals surface area contributed by atoms with E-state index in [9.17, 15) is 33.6 Å². The Balaban J connectivity index is 5.28. The standard InChI is InChI=1S/C21H34N7O7Si/c1-4-13(29)5-6-16(20(24)34)26-21(35)36(10-9-14(30)11-22)27-17(31)8-7-15(19(23)33)25-18(32)12-28(2)3/h4,11,15-16,22H,1,5-10,12H2,2-3H3,(H2,23,33)(H2,24,34)(H,25,32)(H,26,35)(H,27,31)/t15-,16-/m0/s1. The molecule has 5 amide bonds. The van der Waals surface area contributed by atoms with Crippen molar-refractivity contribution < 1.29 is 33.6 Å². The van der Waals surface area contributed by atoms with Gasteiger partial charge in [-0.2, -0.15) is 0 Å². The molecule has 0 fully saturated rings. The zero-order valence-corrected chi connectivity index (χ0v) is 21.4. The molecule has 0 saturated carbocycles. The lowest BCUT2D eigenvalue weighted by Gasteiger charge is -2.21. The number of carbonyl (C=O) groups is 7. The second kappa shape index (κ2) is 16.8. The number of Topliss-reactive ketones (excluding diaryl/α,β-unsaturated/α-hetero) is 1. The van der Waals surface area contributed by atoms with Gasteiger partial charge in [0.2, 0.25) is 29.2 Å². The lowest BCUT2D eigenvalue weighted by molar-refractivity contribution is -0.128. The van der Waals surface area contributed by atoms with Crippen molar-refractivity contribution in [2.75, 3.05) is 20.6 Å². The highest BCUT2D eigenvalue weighted by Gasteiger charge is 2.29. The quantitative estimate of drug-likeness (QED) is 0.0608. The number of rotatable bonds is 19. The van der Waals surface area contributed by atoms with Crippen molar-refractivity contribution in [1.29, 1.82) is 5.41 Å². The van der Waals surface area contributed by atoms with Gasteiger partial charge >= 0.3 is 0 Å². The molecule has 36 heavy (non-hydrogen) atoms. The Kier molecular flexibility index (Phi) is 15.1. The van der Waals surface area contributed by atoms with Crippen LogP contribution in [-0.2, 0) is 28.8 Å². The van der Waals surface area contributed by atoms with Gasteiger partial charge in [-0.05, 0) is 39.1 Å². The normalized spacial score (nSPS) is 12.2. The van der Waals surface area contributed by atoms with Crippen LogP contribution in [-0.4, -0.2) is 93.5 Å². The first-order valence-corrected chi connectivity index (χ1v) is 12.7. The fourth-order valence-electron chi connectivity index (χ4n) is 2.79. The molecule has 0 aliphatic rings. The first-order valence-electron chi connectivity index (χ1n) is 11.0. The Morgan fingerprint density at radius 3 is 1.94 bits per heavy atom. The predicted octanol–water partition coefficient (Wildman–Crippen LogP) is -2.30. The van der Waals surface area contributed by atoms with Crippen LogP contribution in [0.15, 0.2) is 12.7 Å². The summed E-state index contributed by atoms with van der Waals surface area (Å²) in [6.07, 6.45) is 0.869. The number of hydrogen-bond acceptors (Lipinski definition) is 9. The number of ketones is 2. The lowest BCUT2D eigenvalue weighted by atomic mass is 10.1. The molecular weight excluding hydrogens is 490 g/mol. The third-order valence-electron chi connectivity index (χ3n) is 4.70. The summed E-state index contributed by atoms with van der Waals surface area (Å²) >= 11 is 0. The van der Waals surface area contributed by atoms with Gasteiger partial charge in [0.1, 0.15) is 12.1 Å². The highest BCUT2D eigenvalue weighted by atomic mass is 28.3. The van der Waals surface area contributed by atoms with Gasteiger partial charge in [0.05, 0.1) is 12.8 Å². The van der Waals surface area contributed by atoms with Gasteiger partial charge in [-0.3, -0.25) is 33.6 Å². The van der Waals surface area contributed by atoms with Crippen molar-refractivity contribution in [3.63, 3.8) is 0 Å². The fraction of sp³-hybridized carbons (Fsp3) is 0.524. The van der Waals surface area contributed by atoms with E-state index in [-0.39, 0.29) is 50.5 Å². The molecule has 15 heteroatoms. The third-order valence-corrected chi connectivity index (χ3v) is 6.72. The largest absolute Gasteiger partial charge is 0.374 e. The molecule has 0 bridgehead atoms. The Bertz CT molecular complexity index is 879. The van der Waals surface area contributed by atoms with E-state index in [0.717, 1.165) is 6.08 Å². The number of hydrogen-bond donors (Lipinski definition) is 6. The molecule has 0 unspecified atom stereocenters. The highest BCUT2D eigenvalue weighted by molar-refractivity contribution is 6.89. The number of nitrogens with two attached hydrogens (primary N) is 2. The first kappa shape index (κ1) is 32.3. The van der Waals surface area contributed by atoms with Crippen molar-refractivity contribution in [3.8, 4) is 0 Å². The monoisotopic (exact) mass is 524 g/mol. The Morgan fingerprint density at radius 2 is 1.44 bits per heavy atom. The molecule has 0 aliphatic heterocycles. The Labute approximate surface area is 210 Å². The van der Waals surface area contributed by atoms with Gasteiger partial charge in [0.25, 0.3) is 8.96 Å². The number of nitrogens with zero attached hydrogens (tertiary/aromatic N) is 1. The zero-order valence-electron chi connectivity index (χ0n) is 20.4. The maximum Gasteiger partial charge on any atom is 0.281 e. The minimum atomic E-state index is -2.50. The summed E-state index contributed by atoms with van der Waals surface area (Å²) in [5, 5.41) is 11.8. The molecule has 14 nitrogen and oxygen atoms in total. The molecule has 2 atom stereocenters. The van der Waals surface area contributed by atoms with Crippen LogP contribution in [0.4, 0.5) is 4.79 Å². The van der Waals surface area contributed by atoms with Gasteiger partial charge < -0.3 is 37.4 Å². The van der Waals surface area contributed by atoms with Gasteiger partial charge in [0, 0.05) is 19.3 Å². The summed E-state index contributed by atoms with van der Waals surface area (Å²) in [7, 11) is 0.814. The number of amides is 5. The van der Waals surface area contributed by atoms with E-state index in [0.29, 0.717) is 6.21 Å². The van der Waals surface area contributed by atoms with Gasteiger partial charge in [-0.1, -0.05) is 6.58 Å². The van der Waals surface area contributed by atoms with Crippen LogP contribution in [0.1, 0.15) is 32.1 Å². The Morgan fingerprint density at radius 1 is 0.889 bits per heavy atom. The van der Waals surface area contributed by atoms with Crippen LogP contribution in [0, 0.1) is 5.41 Å². The maximum absolute atomic E-state index is 12.8. The number of allylic oxidation sites excluding steroid dienone is 1. The number of likely N-dealkylation sites (N-methyl/N-ethyl adjacent to an activating group) is 1. The summed E-state index contributed by atoms with van der Waals surface area (Å²) in [4.78, 5) is 87.7. The average molecular weight is 525 g/mol. The summed E-state index contributed by atoms with van der Waals surface area (Å²) in [6.45, 7) is 3.33. The van der Waals surface area contributed by atoms with Crippen molar-refractivity contribution >= 4 is 55.9 Å². The molecule has 0 saturated heterocycles. The number of carbonyl (C=O) groups excluding carboxylic acids is 7. The summed E-state index contributed by atoms with van der Waals surface area (Å²) in [6, 6.07) is -2.40. The molecule has 0 heterocycles. The van der Waals surface area contributed by atoms with Crippen LogP contribution in [0.5, 0.6) is 0 Å². The van der Waals surface area contributed by atoms with E-state index in [2.05, 4.69) is 22.2 Å². The summed E-state index contributed by atoms with van der Waals surface area (Å²) in [5.41, 5.74) is 9.88. The average Bonchev–Trinajstić information content (AvgIpc) is 2.80. The second-order valence-corrected chi connectivity index (χ2v) is 10.2. The first-order chi connectivity index (χ1) is 16.8. The Hall–Kier alpha value is -3.72. The number of nitrogens with one attached hydrogen (secondary N) is 4. The van der Waals surface area contributed by atoms with Crippen molar-refractivity contribution in [1.82, 2.24) is 20.5 Å². The van der Waals surface area contributed by atoms with Crippen molar-refractivity contribution in [2.45, 2.75) is 50.2 Å². The van der Waals surface area contributed by atoms with Crippen molar-refractivity contribution in [2.24, 2.45) is 11.5 Å². The third kappa shape index (κ3) is 13.9. The van der Waals surface area contributed by atoms with Crippen LogP contribution in [0.25, 0.3) is 0 Å². The molecule has 1 radical (unpaired) electrons. The molecule has 199 valence electrons. The molecule has 0 aromatic rings. The molecule has 0 rings (SSSR count). The van der Waals surface area contributed by atoms with Crippen LogP contribution in [0.2, 0.25) is 6.04 Å². The van der Waals surface area contributed by atoms with Crippen LogP contribution >= 0.6 is 0 Å². The molecule has 0 spiro atoms. The predicted molar refractivity (Wildman–Crippen MR) is 132 cm³/mol. The number of primary amides is 2. The topological polar surface area (TPSA) is 235 Å². The smallest absolute Gasteiger partial charge is 0.281 e. The molecule has 0 aromatic carbocycles. The molecular formula is C21H34N7O7Si. The van der Waals surface area contributed by atoms with E-state index in [1.165, 1.54) is 0 Å². The summed E-state index contributed by atoms with van der Waals surface area (Å²) < 4.78 is 0. The van der Waals surface area contributed by atoms with Crippen LogP contribution in [0.3, 0.4) is 0 Å². The molecule has 8 N–H and O–H groups in total. The zero-order chi connectivity index (χ0) is 27.8. The van der Waals surface area contributed by atoms with Gasteiger partial charge in [-0.15, -0.1) is 0 Å². The minimum Gasteiger partial charge on any atom is -0.374 e. The van der Waals surface area contributed by atoms with Gasteiger partial charge in [0.15, 0.2) is 11.6 Å². The van der Waals surface area contributed by atoms with Gasteiger partial charge in [-0.25, -0.2) is 0 Å². The molecule has 0 aromatic heterocycles. The van der Waals surface area contributed by atoms with Crippen molar-refractivity contribution in [3.05, 3.63) is 12.7 Å². The van der Waals surface area contributed by atoms with E-state index >= 15 is 0 Å². The minimum absolute atomic E-state index is 0.00373. The molecule has 0 aliphatic carbocycles. The van der Waals surface area contributed by atoms with Crippen LogP contribution < -0.4 is 27.1 Å². The summed E-state index contributed by atoms with van der Waals surface area (Å²) in [5.74, 6) is -3.76. The SMILES string of the molecule is C=CC(=O)CC[C@H](NC(=O)[Si](CCC(=O)C=N)NC(=O)CC[C@H](NC(=O)CN(C)C)C(N)=O)C(N)=O. The van der Waals surface area contributed by atoms with E-state index in [1.54, 1.807) is 19.0 Å². The van der Waals surface area contributed by atoms with E-state index in [1.807, 2.05) is 0 Å².